The molecule has 1 rings (SSSR count). The third-order valence-corrected chi connectivity index (χ3v) is 2.00. The highest BCUT2D eigenvalue weighted by Gasteiger charge is 1.99. The second-order valence-electron chi connectivity index (χ2n) is 3.16. The standard InChI is InChI=1S/C11H12FN3O/c12-11-7-9(8-16)4-5-10(11)3-1-2-6-14-15-13/h1,3-5,7,16H,2,6,8H2. The van der Waals surface area contributed by atoms with Gasteiger partial charge in [-0.2, -0.15) is 0 Å². The summed E-state index contributed by atoms with van der Waals surface area (Å²) in [4.78, 5) is 2.61. The van der Waals surface area contributed by atoms with E-state index in [9.17, 15) is 4.39 Å². The number of aliphatic hydroxyl groups is 1. The van der Waals surface area contributed by atoms with Crippen molar-refractivity contribution in [3.05, 3.63) is 51.7 Å². The molecule has 0 saturated carbocycles. The Labute approximate surface area is 92.7 Å². The van der Waals surface area contributed by atoms with Crippen molar-refractivity contribution in [3.8, 4) is 0 Å². The van der Waals surface area contributed by atoms with Crippen LogP contribution in [-0.2, 0) is 6.61 Å². The monoisotopic (exact) mass is 221 g/mol. The largest absolute Gasteiger partial charge is 0.392 e. The highest BCUT2D eigenvalue weighted by atomic mass is 19.1. The van der Waals surface area contributed by atoms with Crippen molar-refractivity contribution >= 4 is 6.08 Å². The van der Waals surface area contributed by atoms with Gasteiger partial charge in [-0.1, -0.05) is 29.4 Å². The van der Waals surface area contributed by atoms with Gasteiger partial charge in [0.05, 0.1) is 6.61 Å². The SMILES string of the molecule is [N-]=[N+]=NCCC=Cc1ccc(CO)cc1F. The zero-order valence-corrected chi connectivity index (χ0v) is 8.67. The molecule has 0 aliphatic heterocycles. The second-order valence-corrected chi connectivity index (χ2v) is 3.16. The Morgan fingerprint density at radius 1 is 1.50 bits per heavy atom. The van der Waals surface area contributed by atoms with E-state index in [1.54, 1.807) is 24.3 Å². The Bertz CT molecular complexity index is 425. The summed E-state index contributed by atoms with van der Waals surface area (Å²) < 4.78 is 13.4. The Hall–Kier alpha value is -1.84. The van der Waals surface area contributed by atoms with Crippen LogP contribution in [0.3, 0.4) is 0 Å². The smallest absolute Gasteiger partial charge is 0.130 e. The molecule has 1 N–H and O–H groups in total. The Balaban J connectivity index is 2.63. The molecule has 0 heterocycles. The number of nitrogens with zero attached hydrogens (tertiary/aromatic N) is 3. The molecule has 0 aromatic heterocycles. The third kappa shape index (κ3) is 3.73. The molecule has 0 spiro atoms. The predicted octanol–water partition coefficient (Wildman–Crippen LogP) is 3.03. The second kappa shape index (κ2) is 6.61. The summed E-state index contributed by atoms with van der Waals surface area (Å²) in [6, 6.07) is 4.56. The quantitative estimate of drug-likeness (QED) is 0.353. The van der Waals surface area contributed by atoms with E-state index in [-0.39, 0.29) is 12.4 Å². The van der Waals surface area contributed by atoms with Gasteiger partial charge in [0.2, 0.25) is 0 Å². The van der Waals surface area contributed by atoms with Gasteiger partial charge < -0.3 is 5.11 Å². The summed E-state index contributed by atoms with van der Waals surface area (Å²) in [6.45, 7) is 0.196. The van der Waals surface area contributed by atoms with Crippen LogP contribution in [-0.4, -0.2) is 11.7 Å². The number of azide groups is 1. The number of halogens is 1. The van der Waals surface area contributed by atoms with Crippen LogP contribution in [0.1, 0.15) is 17.5 Å². The predicted molar refractivity (Wildman–Crippen MR) is 60.0 cm³/mol. The lowest BCUT2D eigenvalue weighted by Crippen LogP contribution is -1.88. The van der Waals surface area contributed by atoms with Gasteiger partial charge in [-0.3, -0.25) is 0 Å². The van der Waals surface area contributed by atoms with Crippen molar-refractivity contribution in [2.45, 2.75) is 13.0 Å². The van der Waals surface area contributed by atoms with Crippen LogP contribution in [0.2, 0.25) is 0 Å². The van der Waals surface area contributed by atoms with Gasteiger partial charge in [0.25, 0.3) is 0 Å². The van der Waals surface area contributed by atoms with E-state index in [1.807, 2.05) is 0 Å². The molecule has 0 fully saturated rings. The van der Waals surface area contributed by atoms with Gasteiger partial charge in [0.15, 0.2) is 0 Å². The Kier molecular flexibility index (Phi) is 5.05. The van der Waals surface area contributed by atoms with Crippen LogP contribution in [0.25, 0.3) is 16.5 Å². The molecule has 0 aliphatic carbocycles. The van der Waals surface area contributed by atoms with Gasteiger partial charge in [-0.15, -0.1) is 0 Å². The summed E-state index contributed by atoms with van der Waals surface area (Å²) in [5, 5.41) is 12.2. The van der Waals surface area contributed by atoms with E-state index in [4.69, 9.17) is 10.6 Å². The molecule has 0 amide bonds. The summed E-state index contributed by atoms with van der Waals surface area (Å²) >= 11 is 0. The van der Waals surface area contributed by atoms with Gasteiger partial charge in [-0.05, 0) is 23.6 Å². The summed E-state index contributed by atoms with van der Waals surface area (Å²) in [6.07, 6.45) is 3.94. The molecular weight excluding hydrogens is 209 g/mol. The van der Waals surface area contributed by atoms with Crippen LogP contribution in [0.15, 0.2) is 29.4 Å². The van der Waals surface area contributed by atoms with Crippen LogP contribution in [0.4, 0.5) is 4.39 Å². The topological polar surface area (TPSA) is 69.0 Å². The number of benzene rings is 1. The average molecular weight is 221 g/mol. The van der Waals surface area contributed by atoms with Gasteiger partial charge in [0, 0.05) is 17.0 Å². The van der Waals surface area contributed by atoms with Gasteiger partial charge >= 0.3 is 0 Å². The molecule has 0 aliphatic rings. The molecular formula is C11H12FN3O. The Morgan fingerprint density at radius 2 is 2.31 bits per heavy atom. The number of rotatable bonds is 5. The first-order valence-electron chi connectivity index (χ1n) is 4.84. The molecule has 1 aromatic rings. The first-order chi connectivity index (χ1) is 7.77. The van der Waals surface area contributed by atoms with Crippen LogP contribution < -0.4 is 0 Å². The number of aliphatic hydroxyl groups excluding tert-OH is 1. The van der Waals surface area contributed by atoms with Crippen LogP contribution in [0, 0.1) is 5.82 Å². The van der Waals surface area contributed by atoms with Crippen molar-refractivity contribution in [2.24, 2.45) is 5.11 Å². The van der Waals surface area contributed by atoms with Crippen LogP contribution in [0.5, 0.6) is 0 Å². The average Bonchev–Trinajstić information content (AvgIpc) is 2.30. The molecule has 0 atom stereocenters. The summed E-state index contributed by atoms with van der Waals surface area (Å²) in [7, 11) is 0. The zero-order valence-electron chi connectivity index (χ0n) is 8.67. The first kappa shape index (κ1) is 12.2. The van der Waals surface area contributed by atoms with Crippen molar-refractivity contribution in [3.63, 3.8) is 0 Å². The minimum Gasteiger partial charge on any atom is -0.392 e. The number of hydrogen-bond donors (Lipinski definition) is 1. The molecule has 0 bridgehead atoms. The minimum absolute atomic E-state index is 0.169. The zero-order chi connectivity index (χ0) is 11.8. The number of hydrogen-bond acceptors (Lipinski definition) is 2. The van der Waals surface area contributed by atoms with E-state index in [1.165, 1.54) is 6.07 Å². The molecule has 0 radical (unpaired) electrons. The maximum atomic E-state index is 13.4. The molecule has 84 valence electrons. The molecule has 4 nitrogen and oxygen atoms in total. The summed E-state index contributed by atoms with van der Waals surface area (Å²) in [5.74, 6) is -0.369. The lowest BCUT2D eigenvalue weighted by Gasteiger charge is -1.99. The molecule has 1 aromatic carbocycles. The van der Waals surface area contributed by atoms with E-state index in [0.29, 0.717) is 24.1 Å². The van der Waals surface area contributed by atoms with E-state index < -0.39 is 0 Å². The van der Waals surface area contributed by atoms with E-state index >= 15 is 0 Å². The van der Waals surface area contributed by atoms with Crippen molar-refractivity contribution in [2.75, 3.05) is 6.54 Å². The van der Waals surface area contributed by atoms with Crippen LogP contribution >= 0.6 is 0 Å². The van der Waals surface area contributed by atoms with E-state index in [0.717, 1.165) is 0 Å². The highest BCUT2D eigenvalue weighted by molar-refractivity contribution is 5.50. The highest BCUT2D eigenvalue weighted by Crippen LogP contribution is 2.12. The molecule has 0 saturated heterocycles. The first-order valence-corrected chi connectivity index (χ1v) is 4.84. The Morgan fingerprint density at radius 3 is 2.94 bits per heavy atom. The van der Waals surface area contributed by atoms with Crippen molar-refractivity contribution in [1.29, 1.82) is 0 Å². The van der Waals surface area contributed by atoms with Crippen molar-refractivity contribution in [1.82, 2.24) is 0 Å². The van der Waals surface area contributed by atoms with Gasteiger partial charge in [-0.25, -0.2) is 4.39 Å². The fourth-order valence-corrected chi connectivity index (χ4v) is 1.19. The molecule has 16 heavy (non-hydrogen) atoms. The fraction of sp³-hybridized carbons (Fsp3) is 0.273. The maximum Gasteiger partial charge on any atom is 0.130 e. The minimum atomic E-state index is -0.369. The normalized spacial score (nSPS) is 10.4. The lowest BCUT2D eigenvalue weighted by molar-refractivity contribution is 0.281. The van der Waals surface area contributed by atoms with Gasteiger partial charge in [0.1, 0.15) is 5.82 Å². The van der Waals surface area contributed by atoms with Crippen molar-refractivity contribution < 1.29 is 9.50 Å². The lowest BCUT2D eigenvalue weighted by atomic mass is 10.1. The van der Waals surface area contributed by atoms with E-state index in [2.05, 4.69) is 10.0 Å². The third-order valence-electron chi connectivity index (χ3n) is 2.00. The maximum absolute atomic E-state index is 13.4. The molecule has 5 heteroatoms. The fourth-order valence-electron chi connectivity index (χ4n) is 1.19. The summed E-state index contributed by atoms with van der Waals surface area (Å²) in [5.41, 5.74) is 9.04. The molecule has 0 unspecified atom stereocenters.